The zero-order valence-corrected chi connectivity index (χ0v) is 20.2. The first-order valence-corrected chi connectivity index (χ1v) is 12.0. The Morgan fingerprint density at radius 3 is 2.43 bits per heavy atom. The predicted molar refractivity (Wildman–Crippen MR) is 129 cm³/mol. The molecule has 0 spiro atoms. The number of aliphatic imine (C=N–C) groups is 1. The molecule has 0 saturated carbocycles. The number of para-hydroxylation sites is 1. The second kappa shape index (κ2) is 11.6. The summed E-state index contributed by atoms with van der Waals surface area (Å²) in [5, 5.41) is 0. The standard InChI is InChI=1S/C26H33F3N4O2/c1-3-4-8-15-25(2,24(30)34)32-23(21-11-7-9-16-31-21)33-17-13-19(14-18-33)35-22-12-6-5-10-20(22)26(27,28)29/h5-7,9-12,16,19H,3-4,8,13-15,17-18H2,1-2H3,(H2,30,34). The van der Waals surface area contributed by atoms with Gasteiger partial charge in [0.1, 0.15) is 23.1 Å². The summed E-state index contributed by atoms with van der Waals surface area (Å²) < 4.78 is 45.8. The number of ether oxygens (including phenoxy) is 1. The van der Waals surface area contributed by atoms with Gasteiger partial charge in [-0.1, -0.05) is 44.4 Å². The fourth-order valence-electron chi connectivity index (χ4n) is 4.14. The molecule has 190 valence electrons. The van der Waals surface area contributed by atoms with Gasteiger partial charge in [-0.25, -0.2) is 0 Å². The number of likely N-dealkylation sites (tertiary alicyclic amines) is 1. The van der Waals surface area contributed by atoms with Crippen molar-refractivity contribution in [3.63, 3.8) is 0 Å². The molecule has 2 aromatic rings. The molecule has 1 unspecified atom stereocenters. The highest BCUT2D eigenvalue weighted by molar-refractivity contribution is 5.99. The van der Waals surface area contributed by atoms with Crippen molar-refractivity contribution >= 4 is 11.7 Å². The Hall–Kier alpha value is -3.10. The van der Waals surface area contributed by atoms with Crippen LogP contribution < -0.4 is 10.5 Å². The van der Waals surface area contributed by atoms with Gasteiger partial charge in [-0.3, -0.25) is 14.8 Å². The molecular formula is C26H33F3N4O2. The van der Waals surface area contributed by atoms with Gasteiger partial charge in [0.25, 0.3) is 0 Å². The van der Waals surface area contributed by atoms with E-state index in [0.29, 0.717) is 43.9 Å². The van der Waals surface area contributed by atoms with E-state index in [1.165, 1.54) is 18.2 Å². The van der Waals surface area contributed by atoms with Gasteiger partial charge < -0.3 is 15.4 Å². The Morgan fingerprint density at radius 1 is 1.14 bits per heavy atom. The number of unbranched alkanes of at least 4 members (excludes halogenated alkanes) is 2. The third-order valence-electron chi connectivity index (χ3n) is 6.27. The molecule has 1 fully saturated rings. The van der Waals surface area contributed by atoms with Crippen LogP contribution in [-0.2, 0) is 11.0 Å². The van der Waals surface area contributed by atoms with Crippen LogP contribution in [0.4, 0.5) is 13.2 Å². The molecule has 1 aromatic heterocycles. The van der Waals surface area contributed by atoms with E-state index in [-0.39, 0.29) is 11.9 Å². The normalized spacial score (nSPS) is 17.2. The van der Waals surface area contributed by atoms with Crippen molar-refractivity contribution in [1.82, 2.24) is 9.88 Å². The number of benzene rings is 1. The Bertz CT molecular complexity index is 1010. The highest BCUT2D eigenvalue weighted by Gasteiger charge is 2.36. The summed E-state index contributed by atoms with van der Waals surface area (Å²) in [4.78, 5) is 23.7. The molecule has 3 rings (SSSR count). The smallest absolute Gasteiger partial charge is 0.419 e. The monoisotopic (exact) mass is 490 g/mol. The van der Waals surface area contributed by atoms with E-state index < -0.39 is 23.2 Å². The number of amides is 1. The van der Waals surface area contributed by atoms with Crippen LogP contribution in [-0.4, -0.2) is 46.4 Å². The van der Waals surface area contributed by atoms with E-state index in [4.69, 9.17) is 15.5 Å². The number of alkyl halides is 3. The van der Waals surface area contributed by atoms with Gasteiger partial charge in [0.2, 0.25) is 5.91 Å². The molecule has 1 amide bonds. The Balaban J connectivity index is 1.80. The molecule has 9 heteroatoms. The summed E-state index contributed by atoms with van der Waals surface area (Å²) in [5.74, 6) is -0.0872. The van der Waals surface area contributed by atoms with Crippen LogP contribution in [0.5, 0.6) is 5.75 Å². The fourth-order valence-corrected chi connectivity index (χ4v) is 4.14. The van der Waals surface area contributed by atoms with Crippen molar-refractivity contribution in [1.29, 1.82) is 0 Å². The van der Waals surface area contributed by atoms with Crippen LogP contribution in [0.1, 0.15) is 63.6 Å². The number of primary amides is 1. The van der Waals surface area contributed by atoms with Crippen LogP contribution in [0.15, 0.2) is 53.7 Å². The molecule has 2 N–H and O–H groups in total. The minimum Gasteiger partial charge on any atom is -0.490 e. The number of piperidine rings is 1. The highest BCUT2D eigenvalue weighted by Crippen LogP contribution is 2.37. The number of pyridine rings is 1. The third-order valence-corrected chi connectivity index (χ3v) is 6.27. The zero-order chi connectivity index (χ0) is 25.5. The summed E-state index contributed by atoms with van der Waals surface area (Å²) in [7, 11) is 0. The molecular weight excluding hydrogens is 457 g/mol. The van der Waals surface area contributed by atoms with E-state index in [0.717, 1.165) is 25.3 Å². The molecule has 1 saturated heterocycles. The molecule has 2 heterocycles. The van der Waals surface area contributed by atoms with Crippen molar-refractivity contribution in [2.75, 3.05) is 13.1 Å². The summed E-state index contributed by atoms with van der Waals surface area (Å²) in [5.41, 5.74) is 4.53. The van der Waals surface area contributed by atoms with Crippen LogP contribution >= 0.6 is 0 Å². The van der Waals surface area contributed by atoms with Crippen molar-refractivity contribution < 1.29 is 22.7 Å². The average Bonchev–Trinajstić information content (AvgIpc) is 2.83. The average molecular weight is 491 g/mol. The molecule has 0 bridgehead atoms. The van der Waals surface area contributed by atoms with Crippen molar-refractivity contribution in [2.24, 2.45) is 10.7 Å². The van der Waals surface area contributed by atoms with Gasteiger partial charge in [-0.15, -0.1) is 0 Å². The van der Waals surface area contributed by atoms with E-state index in [2.05, 4.69) is 11.9 Å². The maximum atomic E-state index is 13.3. The van der Waals surface area contributed by atoms with Gasteiger partial charge >= 0.3 is 6.18 Å². The minimum atomic E-state index is -4.48. The molecule has 0 aliphatic carbocycles. The quantitative estimate of drug-likeness (QED) is 0.297. The number of halogens is 3. The molecule has 1 aliphatic heterocycles. The summed E-state index contributed by atoms with van der Waals surface area (Å²) in [6.07, 6.45) is 1.15. The van der Waals surface area contributed by atoms with Crippen molar-refractivity contribution in [2.45, 2.75) is 70.2 Å². The first kappa shape index (κ1) is 26.5. The van der Waals surface area contributed by atoms with Crippen LogP contribution in [0, 0.1) is 0 Å². The number of hydrogen-bond acceptors (Lipinski definition) is 4. The van der Waals surface area contributed by atoms with Gasteiger partial charge in [0, 0.05) is 32.1 Å². The maximum absolute atomic E-state index is 13.3. The summed E-state index contributed by atoms with van der Waals surface area (Å²) >= 11 is 0. The number of amidine groups is 1. The Kier molecular flexibility index (Phi) is 8.75. The van der Waals surface area contributed by atoms with E-state index in [1.54, 1.807) is 19.2 Å². The topological polar surface area (TPSA) is 80.8 Å². The van der Waals surface area contributed by atoms with E-state index in [1.807, 2.05) is 17.0 Å². The van der Waals surface area contributed by atoms with Crippen LogP contribution in [0.25, 0.3) is 0 Å². The molecule has 1 aliphatic rings. The number of carbonyl (C=O) groups excluding carboxylic acids is 1. The van der Waals surface area contributed by atoms with Crippen LogP contribution in [0.3, 0.4) is 0 Å². The minimum absolute atomic E-state index is 0.158. The molecule has 6 nitrogen and oxygen atoms in total. The van der Waals surface area contributed by atoms with Gasteiger partial charge in [-0.05, 0) is 37.6 Å². The van der Waals surface area contributed by atoms with Gasteiger partial charge in [-0.2, -0.15) is 13.2 Å². The third kappa shape index (κ3) is 6.96. The molecule has 0 radical (unpaired) electrons. The first-order valence-electron chi connectivity index (χ1n) is 12.0. The van der Waals surface area contributed by atoms with Crippen molar-refractivity contribution in [3.05, 3.63) is 59.9 Å². The van der Waals surface area contributed by atoms with E-state index >= 15 is 0 Å². The lowest BCUT2D eigenvalue weighted by Crippen LogP contribution is -2.46. The number of aromatic nitrogens is 1. The second-order valence-corrected chi connectivity index (χ2v) is 9.04. The zero-order valence-electron chi connectivity index (χ0n) is 20.2. The lowest BCUT2D eigenvalue weighted by Gasteiger charge is -2.36. The molecule has 1 atom stereocenters. The molecule has 1 aromatic carbocycles. The maximum Gasteiger partial charge on any atom is 0.419 e. The number of rotatable bonds is 9. The summed E-state index contributed by atoms with van der Waals surface area (Å²) in [6.45, 7) is 4.83. The fraction of sp³-hybridized carbons (Fsp3) is 0.500. The number of carbonyl (C=O) groups is 1. The number of nitrogens with zero attached hydrogens (tertiary/aromatic N) is 3. The highest BCUT2D eigenvalue weighted by atomic mass is 19.4. The Labute approximate surface area is 204 Å². The lowest BCUT2D eigenvalue weighted by molar-refractivity contribution is -0.139. The van der Waals surface area contributed by atoms with Crippen molar-refractivity contribution in [3.8, 4) is 5.75 Å². The summed E-state index contributed by atoms with van der Waals surface area (Å²) in [6, 6.07) is 10.7. The largest absolute Gasteiger partial charge is 0.490 e. The lowest BCUT2D eigenvalue weighted by atomic mass is 9.94. The Morgan fingerprint density at radius 2 is 1.83 bits per heavy atom. The number of nitrogens with two attached hydrogens (primary N) is 1. The second-order valence-electron chi connectivity index (χ2n) is 9.04. The molecule has 35 heavy (non-hydrogen) atoms. The van der Waals surface area contributed by atoms with Gasteiger partial charge in [0.05, 0.1) is 5.56 Å². The first-order chi connectivity index (χ1) is 16.6. The SMILES string of the molecule is CCCCCC(C)(N=C(c1ccccn1)N1CCC(Oc2ccccc2C(F)(F)F)CC1)C(N)=O. The number of hydrogen-bond donors (Lipinski definition) is 1. The van der Waals surface area contributed by atoms with Gasteiger partial charge in [0.15, 0.2) is 5.84 Å². The van der Waals surface area contributed by atoms with E-state index in [9.17, 15) is 18.0 Å². The predicted octanol–water partition coefficient (Wildman–Crippen LogP) is 5.21. The van der Waals surface area contributed by atoms with Crippen LogP contribution in [0.2, 0.25) is 0 Å².